The predicted octanol–water partition coefficient (Wildman–Crippen LogP) is 0.528. The maximum atomic E-state index is 12.9. The Kier molecular flexibility index (Phi) is 5.42. The van der Waals surface area contributed by atoms with Crippen LogP contribution in [0.5, 0.6) is 0 Å². The Morgan fingerprint density at radius 2 is 1.81 bits per heavy atom. The van der Waals surface area contributed by atoms with Crippen molar-refractivity contribution in [3.05, 3.63) is 24.3 Å². The van der Waals surface area contributed by atoms with Crippen LogP contribution in [0.15, 0.2) is 34.1 Å². The fraction of sp³-hybridized carbons (Fsp3) is 0.364. The highest BCUT2D eigenvalue weighted by Gasteiger charge is 2.23. The van der Waals surface area contributed by atoms with Gasteiger partial charge in [-0.05, 0) is 18.2 Å². The van der Waals surface area contributed by atoms with Gasteiger partial charge < -0.3 is 4.74 Å². The number of rotatable bonds is 6. The van der Waals surface area contributed by atoms with E-state index in [0.29, 0.717) is 0 Å². The van der Waals surface area contributed by atoms with E-state index < -0.39 is 31.1 Å². The van der Waals surface area contributed by atoms with Crippen molar-refractivity contribution in [3.8, 4) is 0 Å². The largest absolute Gasteiger partial charge is 0.469 e. The summed E-state index contributed by atoms with van der Waals surface area (Å²) in [4.78, 5) is 9.87. The molecule has 1 aromatic rings. The van der Waals surface area contributed by atoms with Crippen LogP contribution in [0.1, 0.15) is 6.42 Å². The van der Waals surface area contributed by atoms with Crippen molar-refractivity contribution in [2.24, 2.45) is 0 Å². The number of halogens is 1. The van der Waals surface area contributed by atoms with E-state index in [-0.39, 0.29) is 17.9 Å². The first-order valence-electron chi connectivity index (χ1n) is 5.67. The summed E-state index contributed by atoms with van der Waals surface area (Å²) in [6, 6.07) is 3.92. The first-order valence-corrected chi connectivity index (χ1v) is 8.49. The third-order valence-electron chi connectivity index (χ3n) is 2.65. The van der Waals surface area contributed by atoms with E-state index in [9.17, 15) is 25.5 Å². The fourth-order valence-electron chi connectivity index (χ4n) is 1.44. The molecule has 1 aromatic carbocycles. The molecule has 0 bridgehead atoms. The zero-order chi connectivity index (χ0) is 16.3. The quantitative estimate of drug-likeness (QED) is 0.554. The van der Waals surface area contributed by atoms with Crippen LogP contribution in [-0.4, -0.2) is 47.8 Å². The number of benzene rings is 1. The smallest absolute Gasteiger partial charge is 0.332 e. The Labute approximate surface area is 122 Å². The summed E-state index contributed by atoms with van der Waals surface area (Å²) in [7, 11) is -6.64. The second kappa shape index (κ2) is 6.50. The number of sulfonamides is 1. The highest BCUT2D eigenvalue weighted by Crippen LogP contribution is 2.20. The van der Waals surface area contributed by atoms with Crippen LogP contribution in [0, 0.1) is 0 Å². The molecule has 10 heteroatoms. The zero-order valence-corrected chi connectivity index (χ0v) is 12.9. The van der Waals surface area contributed by atoms with Crippen molar-refractivity contribution < 1.29 is 30.3 Å². The first-order chi connectivity index (χ1) is 9.59. The number of hydrogen-bond acceptors (Lipinski definition) is 6. The molecule has 118 valence electrons. The summed E-state index contributed by atoms with van der Waals surface area (Å²) < 4.78 is 64.1. The molecule has 0 fully saturated rings. The zero-order valence-electron chi connectivity index (χ0n) is 11.3. The average molecular weight is 339 g/mol. The molecular formula is C11H14FNO6S2. The van der Waals surface area contributed by atoms with Crippen LogP contribution in [0.25, 0.3) is 0 Å². The normalized spacial score (nSPS) is 12.4. The van der Waals surface area contributed by atoms with Crippen LogP contribution in [0.2, 0.25) is 0 Å². The Morgan fingerprint density at radius 1 is 1.24 bits per heavy atom. The van der Waals surface area contributed by atoms with E-state index in [1.165, 1.54) is 14.2 Å². The highest BCUT2D eigenvalue weighted by atomic mass is 32.3. The number of carbonyl (C=O) groups is 1. The molecule has 21 heavy (non-hydrogen) atoms. The van der Waals surface area contributed by atoms with E-state index in [4.69, 9.17) is 0 Å². The Hall–Kier alpha value is -1.52. The fourth-order valence-corrected chi connectivity index (χ4v) is 3.24. The van der Waals surface area contributed by atoms with Crippen molar-refractivity contribution in [1.82, 2.24) is 4.31 Å². The predicted molar refractivity (Wildman–Crippen MR) is 71.2 cm³/mol. The van der Waals surface area contributed by atoms with Gasteiger partial charge in [-0.3, -0.25) is 4.79 Å². The second-order valence-corrected chi connectivity index (χ2v) is 7.46. The third kappa shape index (κ3) is 4.48. The SMILES string of the molecule is COC(=O)CCN(C)S(=O)(=O)c1cccc(S(=O)(=O)F)c1. The van der Waals surface area contributed by atoms with Crippen LogP contribution in [0.3, 0.4) is 0 Å². The van der Waals surface area contributed by atoms with Crippen molar-refractivity contribution in [1.29, 1.82) is 0 Å². The van der Waals surface area contributed by atoms with Gasteiger partial charge in [0.2, 0.25) is 10.0 Å². The number of methoxy groups -OCH3 is 1. The highest BCUT2D eigenvalue weighted by molar-refractivity contribution is 7.89. The maximum Gasteiger partial charge on any atom is 0.332 e. The minimum atomic E-state index is -5.00. The van der Waals surface area contributed by atoms with Gasteiger partial charge in [-0.15, -0.1) is 3.89 Å². The summed E-state index contributed by atoms with van der Waals surface area (Å²) in [5.74, 6) is -0.586. The van der Waals surface area contributed by atoms with Gasteiger partial charge in [-0.25, -0.2) is 12.7 Å². The first kappa shape index (κ1) is 17.5. The average Bonchev–Trinajstić information content (AvgIpc) is 2.43. The molecule has 0 saturated heterocycles. The molecule has 7 nitrogen and oxygen atoms in total. The topological polar surface area (TPSA) is 97.8 Å². The standard InChI is InChI=1S/C11H14FNO6S2/c1-13(7-6-11(14)19-2)21(17,18)10-5-3-4-9(8-10)20(12,15)16/h3-5,8H,6-7H2,1-2H3. The van der Waals surface area contributed by atoms with Crippen molar-refractivity contribution in [2.45, 2.75) is 16.2 Å². The Bertz CT molecular complexity index is 729. The second-order valence-electron chi connectivity index (χ2n) is 4.07. The molecule has 0 N–H and O–H groups in total. The lowest BCUT2D eigenvalue weighted by atomic mass is 10.4. The molecule has 0 aliphatic rings. The lowest BCUT2D eigenvalue weighted by molar-refractivity contribution is -0.140. The van der Waals surface area contributed by atoms with Gasteiger partial charge in [-0.1, -0.05) is 6.07 Å². The van der Waals surface area contributed by atoms with Gasteiger partial charge in [0.15, 0.2) is 0 Å². The van der Waals surface area contributed by atoms with E-state index in [2.05, 4.69) is 4.74 Å². The molecular weight excluding hydrogens is 325 g/mol. The Balaban J connectivity index is 3.05. The lowest BCUT2D eigenvalue weighted by Crippen LogP contribution is -2.29. The van der Waals surface area contributed by atoms with Crippen LogP contribution >= 0.6 is 0 Å². The van der Waals surface area contributed by atoms with Gasteiger partial charge in [0.1, 0.15) is 0 Å². The van der Waals surface area contributed by atoms with E-state index >= 15 is 0 Å². The summed E-state index contributed by atoms with van der Waals surface area (Å²) in [5, 5.41) is 0. The number of ether oxygens (including phenoxy) is 1. The lowest BCUT2D eigenvalue weighted by Gasteiger charge is -2.16. The summed E-state index contributed by atoms with van der Waals surface area (Å²) in [6.07, 6.45) is -0.159. The molecule has 0 saturated carbocycles. The van der Waals surface area contributed by atoms with Crippen LogP contribution in [-0.2, 0) is 29.8 Å². The minimum absolute atomic E-state index is 0.151. The minimum Gasteiger partial charge on any atom is -0.469 e. The van der Waals surface area contributed by atoms with Crippen molar-refractivity contribution >= 4 is 26.2 Å². The molecule has 0 aromatic heterocycles. The van der Waals surface area contributed by atoms with E-state index in [0.717, 1.165) is 28.6 Å². The van der Waals surface area contributed by atoms with Gasteiger partial charge in [-0.2, -0.15) is 8.42 Å². The van der Waals surface area contributed by atoms with Gasteiger partial charge in [0.05, 0.1) is 23.3 Å². The Morgan fingerprint density at radius 3 is 2.33 bits per heavy atom. The van der Waals surface area contributed by atoms with Crippen molar-refractivity contribution in [3.63, 3.8) is 0 Å². The number of hydrogen-bond donors (Lipinski definition) is 0. The van der Waals surface area contributed by atoms with Gasteiger partial charge in [0, 0.05) is 13.6 Å². The number of carbonyl (C=O) groups excluding carboxylic acids is 1. The van der Waals surface area contributed by atoms with Gasteiger partial charge >= 0.3 is 16.2 Å². The summed E-state index contributed by atoms with van der Waals surface area (Å²) in [5.41, 5.74) is 0. The van der Waals surface area contributed by atoms with E-state index in [1.807, 2.05) is 0 Å². The molecule has 0 aliphatic carbocycles. The third-order valence-corrected chi connectivity index (χ3v) is 5.32. The molecule has 0 atom stereocenters. The number of nitrogens with zero attached hydrogens (tertiary/aromatic N) is 1. The van der Waals surface area contributed by atoms with Crippen molar-refractivity contribution in [2.75, 3.05) is 20.7 Å². The molecule has 0 heterocycles. The summed E-state index contributed by atoms with van der Waals surface area (Å²) >= 11 is 0. The molecule has 1 rings (SSSR count). The molecule has 0 unspecified atom stereocenters. The molecule has 0 spiro atoms. The van der Waals surface area contributed by atoms with Gasteiger partial charge in [0.25, 0.3) is 0 Å². The molecule has 0 radical (unpaired) electrons. The van der Waals surface area contributed by atoms with Crippen LogP contribution in [0.4, 0.5) is 3.89 Å². The molecule has 0 amide bonds. The number of esters is 1. The summed E-state index contributed by atoms with van der Waals surface area (Å²) in [6.45, 7) is -0.151. The maximum absolute atomic E-state index is 12.9. The molecule has 0 aliphatic heterocycles. The van der Waals surface area contributed by atoms with E-state index in [1.54, 1.807) is 0 Å². The monoisotopic (exact) mass is 339 g/mol. The van der Waals surface area contributed by atoms with Crippen LogP contribution < -0.4 is 0 Å².